The number of nitrogens with zero attached hydrogens (tertiary/aromatic N) is 1. The summed E-state index contributed by atoms with van der Waals surface area (Å²) in [6.07, 6.45) is -1.46. The fraction of sp³-hybridized carbons (Fsp3) is 0.625. The summed E-state index contributed by atoms with van der Waals surface area (Å²) < 4.78 is 16.5. The van der Waals surface area contributed by atoms with Crippen LogP contribution in [-0.4, -0.2) is 111 Å². The quantitative estimate of drug-likeness (QED) is 0.199. The summed E-state index contributed by atoms with van der Waals surface area (Å²) in [6, 6.07) is 0. The number of primary amides is 1. The van der Waals surface area contributed by atoms with E-state index in [4.69, 9.17) is 19.9 Å². The molecule has 13 nitrogen and oxygen atoms in total. The lowest BCUT2D eigenvalue weighted by Gasteiger charge is -2.31. The van der Waals surface area contributed by atoms with Crippen molar-refractivity contribution in [3.8, 4) is 0 Å². The largest absolute Gasteiger partial charge is 0.439 e. The Morgan fingerprint density at radius 1 is 1.13 bits per heavy atom. The van der Waals surface area contributed by atoms with Crippen LogP contribution in [-0.2, 0) is 28.6 Å². The molecule has 1 unspecified atom stereocenters. The number of ketones is 2. The van der Waals surface area contributed by atoms with Gasteiger partial charge < -0.3 is 45.7 Å². The maximum absolute atomic E-state index is 13.7. The van der Waals surface area contributed by atoms with E-state index in [0.29, 0.717) is 25.1 Å². The van der Waals surface area contributed by atoms with Crippen molar-refractivity contribution in [3.63, 3.8) is 0 Å². The first-order valence-electron chi connectivity index (χ1n) is 15.1. The molecule has 1 aliphatic carbocycles. The van der Waals surface area contributed by atoms with Crippen LogP contribution in [0.15, 0.2) is 46.3 Å². The van der Waals surface area contributed by atoms with Gasteiger partial charge in [-0.2, -0.15) is 0 Å². The number of fused-ring (bicyclic) bond motifs is 2. The van der Waals surface area contributed by atoms with E-state index < -0.39 is 60.0 Å². The minimum absolute atomic E-state index is 0.0812. The maximum Gasteiger partial charge on any atom is 0.405 e. The van der Waals surface area contributed by atoms with Crippen molar-refractivity contribution in [3.05, 3.63) is 46.3 Å². The summed E-state index contributed by atoms with van der Waals surface area (Å²) in [5.41, 5.74) is 6.26. The third-order valence-corrected chi connectivity index (χ3v) is 8.05. The highest BCUT2D eigenvalue weighted by molar-refractivity contribution is 6.23. The molecule has 0 fully saturated rings. The number of hydrogen-bond acceptors (Lipinski definition) is 11. The fourth-order valence-electron chi connectivity index (χ4n) is 5.50. The second-order valence-electron chi connectivity index (χ2n) is 12.1. The number of hydrogen-bond donors (Lipinski definition) is 5. The molecule has 252 valence electrons. The van der Waals surface area contributed by atoms with Crippen LogP contribution in [0, 0.1) is 11.8 Å². The Morgan fingerprint density at radius 2 is 1.80 bits per heavy atom. The van der Waals surface area contributed by atoms with Gasteiger partial charge in [0.2, 0.25) is 11.6 Å². The molecule has 13 heteroatoms. The number of allylic oxidation sites excluding steroid dienone is 2. The van der Waals surface area contributed by atoms with Crippen LogP contribution in [0.25, 0.3) is 0 Å². The predicted octanol–water partition coefficient (Wildman–Crippen LogP) is 1.11. The van der Waals surface area contributed by atoms with Crippen LogP contribution in [0.5, 0.6) is 0 Å². The zero-order chi connectivity index (χ0) is 34.0. The molecular weight excluding hydrogens is 584 g/mol. The highest BCUT2D eigenvalue weighted by Gasteiger charge is 2.35. The van der Waals surface area contributed by atoms with Gasteiger partial charge in [0.25, 0.3) is 5.91 Å². The first-order chi connectivity index (χ1) is 21.1. The second-order valence-corrected chi connectivity index (χ2v) is 12.1. The SMILES string of the molecule is CO[C@H]1C[C@H](C)CC2=C(NCCN(C)C)C(=O)C=C(NC(=O)/C(C)=C/CC(O)[C@H](OC)[C@@H](OC(N)=O)/C(C)=C/[C@H](C)[C@H]1O)C2=O. The first-order valence-corrected chi connectivity index (χ1v) is 15.1. The van der Waals surface area contributed by atoms with E-state index in [1.807, 2.05) is 25.9 Å². The molecule has 7 atom stereocenters. The number of carbonyl (C=O) groups excluding carboxylic acids is 4. The van der Waals surface area contributed by atoms with Gasteiger partial charge in [-0.05, 0) is 58.7 Å². The summed E-state index contributed by atoms with van der Waals surface area (Å²) in [5.74, 6) is -2.28. The van der Waals surface area contributed by atoms with Gasteiger partial charge in [-0.15, -0.1) is 0 Å². The molecule has 45 heavy (non-hydrogen) atoms. The van der Waals surface area contributed by atoms with E-state index >= 15 is 0 Å². The van der Waals surface area contributed by atoms with Crippen LogP contribution in [0.3, 0.4) is 0 Å². The number of rotatable bonds is 7. The zero-order valence-corrected chi connectivity index (χ0v) is 27.6. The lowest BCUT2D eigenvalue weighted by atomic mass is 9.85. The monoisotopic (exact) mass is 634 g/mol. The number of nitrogens with one attached hydrogen (secondary N) is 2. The first kappa shape index (κ1) is 37.8. The van der Waals surface area contributed by atoms with Crippen molar-refractivity contribution in [1.82, 2.24) is 15.5 Å². The van der Waals surface area contributed by atoms with Crippen molar-refractivity contribution in [1.29, 1.82) is 0 Å². The number of Topliss-reactive ketones (excluding diaryl/α,β-unsaturated/α-hetero) is 1. The number of ether oxygens (including phenoxy) is 3. The molecule has 1 heterocycles. The topological polar surface area (TPSA) is 190 Å². The molecule has 2 amide bonds. The number of methoxy groups -OCH3 is 2. The minimum atomic E-state index is -1.25. The molecule has 2 rings (SSSR count). The zero-order valence-electron chi connectivity index (χ0n) is 27.6. The van der Waals surface area contributed by atoms with E-state index in [-0.39, 0.29) is 41.3 Å². The lowest BCUT2D eigenvalue weighted by Crippen LogP contribution is -2.43. The van der Waals surface area contributed by atoms with Gasteiger partial charge in [-0.1, -0.05) is 26.0 Å². The second kappa shape index (κ2) is 17.4. The summed E-state index contributed by atoms with van der Waals surface area (Å²) >= 11 is 0. The normalized spacial score (nSPS) is 31.8. The molecule has 0 aromatic carbocycles. The third-order valence-electron chi connectivity index (χ3n) is 8.05. The van der Waals surface area contributed by atoms with Gasteiger partial charge in [0.05, 0.1) is 29.7 Å². The fourth-order valence-corrected chi connectivity index (χ4v) is 5.50. The number of amides is 2. The Labute approximate surface area is 265 Å². The summed E-state index contributed by atoms with van der Waals surface area (Å²) in [5, 5.41) is 28.0. The molecule has 1 aliphatic heterocycles. The third kappa shape index (κ3) is 10.6. The standard InChI is InChI=1S/C32H50N4O9/c1-17-13-21-26(34-11-12-36(5)6)24(38)16-22(28(21)40)35-31(41)18(2)9-10-23(37)30(44-8)29(45-32(33)42)20(4)15-19(3)27(39)25(14-17)43-7/h9,15-17,19,23,25,27,29-30,34,37,39H,10-14H2,1-8H3,(H2,33,42)(H,35,41)/b18-9+,20-15+/t17-,19+,23?,25+,27-,29+,30+/m1/s1. The number of nitrogens with two attached hydrogens (primary N) is 1. The van der Waals surface area contributed by atoms with Crippen molar-refractivity contribution in [2.75, 3.05) is 41.4 Å². The summed E-state index contributed by atoms with van der Waals surface area (Å²) in [6.45, 7) is 7.88. The van der Waals surface area contributed by atoms with Gasteiger partial charge in [0.15, 0.2) is 6.10 Å². The van der Waals surface area contributed by atoms with E-state index in [1.165, 1.54) is 27.2 Å². The molecule has 0 aromatic rings. The molecule has 0 spiro atoms. The van der Waals surface area contributed by atoms with Gasteiger partial charge in [0, 0.05) is 50.4 Å². The van der Waals surface area contributed by atoms with Crippen LogP contribution in [0.4, 0.5) is 4.79 Å². The summed E-state index contributed by atoms with van der Waals surface area (Å²) in [7, 11) is 6.60. The molecule has 0 radical (unpaired) electrons. The highest BCUT2D eigenvalue weighted by Crippen LogP contribution is 2.29. The average molecular weight is 635 g/mol. The van der Waals surface area contributed by atoms with E-state index in [0.717, 1.165) is 6.08 Å². The van der Waals surface area contributed by atoms with Gasteiger partial charge in [-0.25, -0.2) is 4.79 Å². The Balaban J connectivity index is 2.60. The molecule has 0 saturated carbocycles. The molecule has 6 N–H and O–H groups in total. The maximum atomic E-state index is 13.7. The van der Waals surface area contributed by atoms with Gasteiger partial charge >= 0.3 is 6.09 Å². The highest BCUT2D eigenvalue weighted by atomic mass is 16.6. The minimum Gasteiger partial charge on any atom is -0.439 e. The number of likely N-dealkylation sites (N-methyl/N-ethyl adjacent to an activating group) is 1. The van der Waals surface area contributed by atoms with Gasteiger partial charge in [-0.3, -0.25) is 14.4 Å². The molecule has 0 saturated heterocycles. The Kier molecular flexibility index (Phi) is 14.6. The number of aliphatic hydroxyl groups is 2. The molecule has 2 aliphatic rings. The smallest absolute Gasteiger partial charge is 0.405 e. The Hall–Kier alpha value is -3.36. The van der Waals surface area contributed by atoms with E-state index in [1.54, 1.807) is 19.9 Å². The van der Waals surface area contributed by atoms with Crippen LogP contribution in [0.2, 0.25) is 0 Å². The van der Waals surface area contributed by atoms with Crippen LogP contribution >= 0.6 is 0 Å². The van der Waals surface area contributed by atoms with Crippen molar-refractivity contribution in [2.24, 2.45) is 17.6 Å². The Morgan fingerprint density at radius 3 is 2.38 bits per heavy atom. The van der Waals surface area contributed by atoms with Crippen molar-refractivity contribution < 1.29 is 43.6 Å². The van der Waals surface area contributed by atoms with Crippen LogP contribution in [0.1, 0.15) is 47.0 Å². The van der Waals surface area contributed by atoms with Gasteiger partial charge in [0.1, 0.15) is 6.10 Å². The number of carbonyl (C=O) groups is 4. The van der Waals surface area contributed by atoms with E-state index in [9.17, 15) is 29.4 Å². The molecular formula is C32H50N4O9. The number of aliphatic hydroxyl groups excluding tert-OH is 2. The van der Waals surface area contributed by atoms with Crippen molar-refractivity contribution >= 4 is 23.6 Å². The predicted molar refractivity (Wildman–Crippen MR) is 168 cm³/mol. The molecule has 0 aromatic heterocycles. The average Bonchev–Trinajstić information content (AvgIpc) is 2.96. The Bertz CT molecular complexity index is 1220. The van der Waals surface area contributed by atoms with E-state index in [2.05, 4.69) is 10.6 Å². The van der Waals surface area contributed by atoms with Crippen LogP contribution < -0.4 is 16.4 Å². The summed E-state index contributed by atoms with van der Waals surface area (Å²) in [4.78, 5) is 53.8. The lowest BCUT2D eigenvalue weighted by molar-refractivity contribution is -0.120. The molecule has 2 bridgehead atoms. The van der Waals surface area contributed by atoms with Crippen molar-refractivity contribution in [2.45, 2.75) is 77.5 Å².